The van der Waals surface area contributed by atoms with Gasteiger partial charge in [-0.2, -0.15) is 12.1 Å². The predicted molar refractivity (Wildman–Crippen MR) is 336 cm³/mol. The standard InChI is InChI=1S/C75H75N4O.Pt/c1-48(2)39-50-41-62(53-28-34-64-65(43-53)75(12,13)37-36-74(64,10)11)71(63(42-50)59-32-27-52(40-49(59)3)51-25-29-54(30-26-51)72(4,5)6)78-47-77(67-23-16-17-24-68(67)78)56-19-18-20-57(45-56)80-58-31-33-61-60-21-14-15-22-66(60)79(69(61)46-58)70-44-55(35-38-76-70)73(7,8)9;/h14-35,38,40-44,47-48H,36-37,39H2,1-13H3;/q-3;/i3D3;. The number of ether oxygens (including phenoxy) is 1. The Bertz CT molecular complexity index is 4140. The van der Waals surface area contributed by atoms with E-state index in [4.69, 9.17) is 9.72 Å². The third kappa shape index (κ3) is 10.5. The summed E-state index contributed by atoms with van der Waals surface area (Å²) in [5, 5.41) is 2.17. The molecule has 0 amide bonds. The van der Waals surface area contributed by atoms with Crippen molar-refractivity contribution in [2.75, 3.05) is 9.80 Å². The molecule has 0 atom stereocenters. The molecule has 8 aromatic carbocycles. The van der Waals surface area contributed by atoms with E-state index in [2.05, 4.69) is 256 Å². The minimum Gasteiger partial charge on any atom is -0.509 e. The van der Waals surface area contributed by atoms with Crippen LogP contribution in [0.15, 0.2) is 170 Å². The van der Waals surface area contributed by atoms with Crippen molar-refractivity contribution in [3.05, 3.63) is 222 Å². The molecule has 2 aromatic heterocycles. The van der Waals surface area contributed by atoms with Crippen LogP contribution in [0.5, 0.6) is 11.5 Å². The van der Waals surface area contributed by atoms with Crippen molar-refractivity contribution in [1.82, 2.24) is 9.55 Å². The van der Waals surface area contributed by atoms with E-state index < -0.39 is 6.85 Å². The van der Waals surface area contributed by atoms with E-state index in [-0.39, 0.29) is 42.7 Å². The number of anilines is 4. The maximum atomic E-state index is 9.27. The molecular weight excluding hydrogens is 1170 g/mol. The maximum absolute atomic E-state index is 9.27. The van der Waals surface area contributed by atoms with Gasteiger partial charge in [0.2, 0.25) is 0 Å². The predicted octanol–water partition coefficient (Wildman–Crippen LogP) is 20.4. The van der Waals surface area contributed by atoms with Crippen LogP contribution in [0.3, 0.4) is 0 Å². The SMILES string of the molecule is [2H]C([2H])([2H])c1cc(-c2ccc(C(C)(C)C)cc2)ccc1-c1cc(CC(C)C)cc(-c2ccc3c(c2)C(C)(C)CCC3(C)C)c1N1[CH-]N(c2[c-]c(Oc3[c-]c4c(cc3)c3ccccc3n4-c3cc(C(C)(C)C)ccn3)ccc2)c2ccccc21.[Pt]. The number of hydrogen-bond acceptors (Lipinski definition) is 4. The number of rotatable bonds is 10. The largest absolute Gasteiger partial charge is 0.509 e. The van der Waals surface area contributed by atoms with Gasteiger partial charge in [0, 0.05) is 76.6 Å². The zero-order valence-corrected chi connectivity index (χ0v) is 51.2. The van der Waals surface area contributed by atoms with E-state index in [9.17, 15) is 4.11 Å². The van der Waals surface area contributed by atoms with Crippen molar-refractivity contribution >= 4 is 44.6 Å². The number of benzene rings is 8. The van der Waals surface area contributed by atoms with Crippen LogP contribution >= 0.6 is 0 Å². The Balaban J connectivity index is 0.00000736. The molecule has 0 spiro atoms. The second-order valence-corrected chi connectivity index (χ2v) is 26.2. The molecule has 12 rings (SSSR count). The van der Waals surface area contributed by atoms with Gasteiger partial charge in [-0.25, -0.2) is 4.98 Å². The zero-order chi connectivity index (χ0) is 58.5. The normalized spacial score (nSPS) is 15.5. The fraction of sp³-hybridized carbons (Fsp3) is 0.280. The molecule has 1 aliphatic carbocycles. The van der Waals surface area contributed by atoms with E-state index in [1.54, 1.807) is 0 Å². The van der Waals surface area contributed by atoms with Crippen LogP contribution < -0.4 is 14.5 Å². The summed E-state index contributed by atoms with van der Waals surface area (Å²) >= 11 is 0. The number of aryl methyl sites for hydroxylation is 1. The van der Waals surface area contributed by atoms with Gasteiger partial charge in [-0.05, 0) is 157 Å². The van der Waals surface area contributed by atoms with E-state index >= 15 is 0 Å². The van der Waals surface area contributed by atoms with Crippen LogP contribution in [0, 0.1) is 31.6 Å². The van der Waals surface area contributed by atoms with Gasteiger partial charge in [0.1, 0.15) is 5.82 Å². The van der Waals surface area contributed by atoms with Crippen LogP contribution in [-0.2, 0) is 49.1 Å². The topological polar surface area (TPSA) is 33.5 Å². The minimum atomic E-state index is -2.44. The number of aromatic nitrogens is 2. The van der Waals surface area contributed by atoms with Crippen LogP contribution in [0.4, 0.5) is 22.7 Å². The summed E-state index contributed by atoms with van der Waals surface area (Å²) in [6, 6.07) is 64.9. The van der Waals surface area contributed by atoms with Gasteiger partial charge in [0.05, 0.1) is 0 Å². The van der Waals surface area contributed by atoms with Crippen molar-refractivity contribution < 1.29 is 29.9 Å². The molecule has 5 nitrogen and oxygen atoms in total. The van der Waals surface area contributed by atoms with Gasteiger partial charge in [-0.1, -0.05) is 180 Å². The first-order chi connectivity index (χ1) is 39.3. The average Bonchev–Trinajstić information content (AvgIpc) is 2.36. The van der Waals surface area contributed by atoms with Gasteiger partial charge in [-0.3, -0.25) is 0 Å². The van der Waals surface area contributed by atoms with Gasteiger partial charge < -0.3 is 19.1 Å². The van der Waals surface area contributed by atoms with Crippen molar-refractivity contribution in [3.63, 3.8) is 0 Å². The molecule has 0 unspecified atom stereocenters. The summed E-state index contributed by atoms with van der Waals surface area (Å²) in [7, 11) is 0. The Kier molecular flexibility index (Phi) is 13.4. The monoisotopic (exact) mass is 1250 g/mol. The number of pyridine rings is 1. The fourth-order valence-electron chi connectivity index (χ4n) is 12.3. The second-order valence-electron chi connectivity index (χ2n) is 26.2. The van der Waals surface area contributed by atoms with Crippen LogP contribution in [0.25, 0.3) is 61.0 Å². The van der Waals surface area contributed by atoms with Crippen LogP contribution in [0.2, 0.25) is 0 Å². The number of para-hydroxylation sites is 3. The molecule has 0 fully saturated rings. The molecule has 0 saturated heterocycles. The maximum Gasteiger partial charge on any atom is 0.135 e. The first kappa shape index (κ1) is 51.9. The summed E-state index contributed by atoms with van der Waals surface area (Å²) in [4.78, 5) is 9.35. The summed E-state index contributed by atoms with van der Waals surface area (Å²) < 4.78 is 36.8. The van der Waals surface area contributed by atoms with Crippen molar-refractivity contribution in [3.8, 4) is 50.7 Å². The third-order valence-electron chi connectivity index (χ3n) is 16.9. The van der Waals surface area contributed by atoms with E-state index in [1.165, 1.54) is 22.3 Å². The summed E-state index contributed by atoms with van der Waals surface area (Å²) in [5.41, 5.74) is 17.5. The summed E-state index contributed by atoms with van der Waals surface area (Å²) in [6.45, 7) is 27.0. The Morgan fingerprint density at radius 1 is 0.605 bits per heavy atom. The van der Waals surface area contributed by atoms with Gasteiger partial charge in [0.25, 0.3) is 0 Å². The molecule has 6 heteroatoms. The van der Waals surface area contributed by atoms with Crippen molar-refractivity contribution in [2.45, 2.75) is 131 Å². The molecule has 3 heterocycles. The van der Waals surface area contributed by atoms with Gasteiger partial charge in [0.15, 0.2) is 0 Å². The van der Waals surface area contributed by atoms with Gasteiger partial charge >= 0.3 is 0 Å². The first-order valence-electron chi connectivity index (χ1n) is 30.1. The molecular formula is C75H75N4OPt-3. The Morgan fingerprint density at radius 3 is 2.00 bits per heavy atom. The molecule has 0 bridgehead atoms. The summed E-state index contributed by atoms with van der Waals surface area (Å²) in [6.07, 6.45) is 4.90. The molecule has 0 radical (unpaired) electrons. The molecule has 0 saturated carbocycles. The first-order valence-corrected chi connectivity index (χ1v) is 28.6. The summed E-state index contributed by atoms with van der Waals surface area (Å²) in [5.74, 6) is 2.26. The molecule has 10 aromatic rings. The molecule has 0 N–H and O–H groups in total. The number of hydrogen-bond donors (Lipinski definition) is 0. The average molecular weight is 1250 g/mol. The van der Waals surface area contributed by atoms with Gasteiger partial charge in [-0.15, -0.1) is 48.1 Å². The van der Waals surface area contributed by atoms with E-state index in [0.29, 0.717) is 28.5 Å². The number of nitrogens with zero attached hydrogens (tertiary/aromatic N) is 4. The molecule has 414 valence electrons. The smallest absolute Gasteiger partial charge is 0.135 e. The molecule has 1 aliphatic heterocycles. The van der Waals surface area contributed by atoms with E-state index in [0.717, 1.165) is 103 Å². The Labute approximate surface area is 500 Å². The second kappa shape index (κ2) is 21.0. The van der Waals surface area contributed by atoms with Crippen molar-refractivity contribution in [1.29, 1.82) is 0 Å². The molecule has 2 aliphatic rings. The molecule has 81 heavy (non-hydrogen) atoms. The Hall–Kier alpha value is -7.20. The van der Waals surface area contributed by atoms with Crippen molar-refractivity contribution in [2.24, 2.45) is 5.92 Å². The van der Waals surface area contributed by atoms with Crippen LogP contribution in [-0.4, -0.2) is 9.55 Å². The quantitative estimate of drug-likeness (QED) is 0.128. The van der Waals surface area contributed by atoms with E-state index in [1.807, 2.05) is 30.5 Å². The fourth-order valence-corrected chi connectivity index (χ4v) is 12.3. The third-order valence-corrected chi connectivity index (χ3v) is 16.9. The Morgan fingerprint density at radius 2 is 1.27 bits per heavy atom. The van der Waals surface area contributed by atoms with Crippen LogP contribution in [0.1, 0.15) is 133 Å². The minimum absolute atomic E-state index is 0. The zero-order valence-electron chi connectivity index (χ0n) is 52.0. The number of fused-ring (bicyclic) bond motifs is 5.